The Bertz CT molecular complexity index is 431. The van der Waals surface area contributed by atoms with E-state index in [4.69, 9.17) is 16.6 Å². The molecule has 1 aromatic rings. The fourth-order valence-electron chi connectivity index (χ4n) is 1.28. The van der Waals surface area contributed by atoms with E-state index in [1.54, 1.807) is 0 Å². The van der Waals surface area contributed by atoms with Gasteiger partial charge < -0.3 is 21.7 Å². The second-order valence-corrected chi connectivity index (χ2v) is 3.33. The quantitative estimate of drug-likeness (QED) is 0.545. The average Bonchev–Trinajstić information content (AvgIpc) is 2.20. The molecule has 0 spiro atoms. The summed E-state index contributed by atoms with van der Waals surface area (Å²) in [4.78, 5) is 21.4. The Balaban J connectivity index is 3.02. The van der Waals surface area contributed by atoms with E-state index < -0.39 is 17.9 Å². The summed E-state index contributed by atoms with van der Waals surface area (Å²) in [5, 5.41) is 18.3. The molecule has 86 valence electrons. The normalized spacial score (nSPS) is 12.1. The van der Waals surface area contributed by atoms with Crippen LogP contribution < -0.4 is 11.5 Å². The van der Waals surface area contributed by atoms with Crippen molar-refractivity contribution in [3.05, 3.63) is 29.3 Å². The van der Waals surface area contributed by atoms with Crippen LogP contribution in [0.4, 0.5) is 0 Å². The number of carbonyl (C=O) groups is 2. The fraction of sp³-hybridized carbons (Fsp3) is 0.200. The molecule has 1 amide bonds. The van der Waals surface area contributed by atoms with Gasteiger partial charge in [0.2, 0.25) is 0 Å². The van der Waals surface area contributed by atoms with Gasteiger partial charge >= 0.3 is 5.97 Å². The Morgan fingerprint density at radius 2 is 2.00 bits per heavy atom. The molecule has 6 N–H and O–H groups in total. The Kier molecular flexibility index (Phi) is 3.47. The second-order valence-electron chi connectivity index (χ2n) is 3.33. The van der Waals surface area contributed by atoms with Crippen LogP contribution in [0.15, 0.2) is 18.2 Å². The first kappa shape index (κ1) is 12.0. The van der Waals surface area contributed by atoms with Crippen LogP contribution in [-0.2, 0) is 11.2 Å². The number of hydrogen-bond donors (Lipinski definition) is 4. The lowest BCUT2D eigenvalue weighted by Crippen LogP contribution is -2.32. The topological polar surface area (TPSA) is 127 Å². The molecular weight excluding hydrogens is 212 g/mol. The van der Waals surface area contributed by atoms with Gasteiger partial charge in [0.05, 0.1) is 5.56 Å². The van der Waals surface area contributed by atoms with E-state index in [2.05, 4.69) is 0 Å². The van der Waals surface area contributed by atoms with Crippen molar-refractivity contribution in [2.24, 2.45) is 11.5 Å². The van der Waals surface area contributed by atoms with E-state index in [0.717, 1.165) is 0 Å². The molecule has 0 saturated carbocycles. The van der Waals surface area contributed by atoms with Gasteiger partial charge in [-0.25, -0.2) is 0 Å². The lowest BCUT2D eigenvalue weighted by molar-refractivity contribution is -0.138. The van der Waals surface area contributed by atoms with Crippen molar-refractivity contribution in [2.75, 3.05) is 0 Å². The molecule has 0 aliphatic carbocycles. The standard InChI is InChI=1S/C10H12N2O4/c11-7(10(15)16)4-5-2-1-3-6(8(5)13)9(12)14/h1-3,7,13H,4,11H2,(H2,12,14)(H,15,16). The predicted molar refractivity (Wildman–Crippen MR) is 55.9 cm³/mol. The molecule has 6 heteroatoms. The number of primary amides is 1. The van der Waals surface area contributed by atoms with Crippen LogP contribution in [-0.4, -0.2) is 28.1 Å². The van der Waals surface area contributed by atoms with E-state index in [9.17, 15) is 14.7 Å². The van der Waals surface area contributed by atoms with Crippen molar-refractivity contribution >= 4 is 11.9 Å². The van der Waals surface area contributed by atoms with Gasteiger partial charge in [0.25, 0.3) is 5.91 Å². The van der Waals surface area contributed by atoms with Crippen LogP contribution in [0.25, 0.3) is 0 Å². The molecule has 0 heterocycles. The number of carbonyl (C=O) groups excluding carboxylic acids is 1. The van der Waals surface area contributed by atoms with E-state index in [0.29, 0.717) is 0 Å². The summed E-state index contributed by atoms with van der Waals surface area (Å²) in [6.07, 6.45) is -0.0672. The number of aliphatic carboxylic acids is 1. The molecular formula is C10H12N2O4. The molecule has 0 aromatic heterocycles. The van der Waals surface area contributed by atoms with Crippen molar-refractivity contribution in [1.29, 1.82) is 0 Å². The third-order valence-corrected chi connectivity index (χ3v) is 2.14. The van der Waals surface area contributed by atoms with Crippen LogP contribution in [0.3, 0.4) is 0 Å². The summed E-state index contributed by atoms with van der Waals surface area (Å²) in [7, 11) is 0. The van der Waals surface area contributed by atoms with E-state index in [1.807, 2.05) is 0 Å². The average molecular weight is 224 g/mol. The molecule has 0 fully saturated rings. The molecule has 0 aliphatic rings. The third-order valence-electron chi connectivity index (χ3n) is 2.14. The molecule has 16 heavy (non-hydrogen) atoms. The van der Waals surface area contributed by atoms with Crippen molar-refractivity contribution in [1.82, 2.24) is 0 Å². The van der Waals surface area contributed by atoms with Crippen molar-refractivity contribution in [3.8, 4) is 5.75 Å². The summed E-state index contributed by atoms with van der Waals surface area (Å²) < 4.78 is 0. The lowest BCUT2D eigenvalue weighted by Gasteiger charge is -2.10. The molecule has 0 aliphatic heterocycles. The molecule has 1 rings (SSSR count). The zero-order valence-corrected chi connectivity index (χ0v) is 8.38. The number of nitrogens with two attached hydrogens (primary N) is 2. The second kappa shape index (κ2) is 4.63. The number of aromatic hydroxyl groups is 1. The van der Waals surface area contributed by atoms with Gasteiger partial charge in [-0.1, -0.05) is 12.1 Å². The molecule has 1 atom stereocenters. The van der Waals surface area contributed by atoms with Gasteiger partial charge in [-0.3, -0.25) is 9.59 Å². The summed E-state index contributed by atoms with van der Waals surface area (Å²) in [5.41, 5.74) is 10.6. The molecule has 1 aromatic carbocycles. The highest BCUT2D eigenvalue weighted by Gasteiger charge is 2.17. The minimum absolute atomic E-state index is 0.0462. The maximum atomic E-state index is 10.9. The van der Waals surface area contributed by atoms with E-state index in [-0.39, 0.29) is 23.3 Å². The summed E-state index contributed by atoms with van der Waals surface area (Å²) in [5.74, 6) is -2.26. The number of hydrogen-bond acceptors (Lipinski definition) is 4. The highest BCUT2D eigenvalue weighted by molar-refractivity contribution is 5.96. The number of amides is 1. The molecule has 0 saturated heterocycles. The largest absolute Gasteiger partial charge is 0.507 e. The molecule has 1 unspecified atom stereocenters. The minimum atomic E-state index is -1.18. The number of phenols is 1. The number of carboxylic acid groups (broad SMARTS) is 1. The Labute approximate surface area is 91.5 Å². The highest BCUT2D eigenvalue weighted by Crippen LogP contribution is 2.22. The van der Waals surface area contributed by atoms with Gasteiger partial charge in [0.1, 0.15) is 11.8 Å². The number of para-hydroxylation sites is 1. The summed E-state index contributed by atoms with van der Waals surface area (Å²) in [6, 6.07) is 3.22. The van der Waals surface area contributed by atoms with Crippen molar-refractivity contribution < 1.29 is 19.8 Å². The minimum Gasteiger partial charge on any atom is -0.507 e. The first-order valence-corrected chi connectivity index (χ1v) is 4.52. The lowest BCUT2D eigenvalue weighted by atomic mass is 10.0. The van der Waals surface area contributed by atoms with Crippen LogP contribution in [0.5, 0.6) is 5.75 Å². The van der Waals surface area contributed by atoms with Gasteiger partial charge in [0.15, 0.2) is 0 Å². The first-order chi connectivity index (χ1) is 7.43. The van der Waals surface area contributed by atoms with Gasteiger partial charge in [-0.2, -0.15) is 0 Å². The van der Waals surface area contributed by atoms with Gasteiger partial charge in [0, 0.05) is 6.42 Å². The zero-order chi connectivity index (χ0) is 12.3. The maximum Gasteiger partial charge on any atom is 0.320 e. The number of benzene rings is 1. The van der Waals surface area contributed by atoms with E-state index in [1.165, 1.54) is 18.2 Å². The van der Waals surface area contributed by atoms with E-state index >= 15 is 0 Å². The zero-order valence-electron chi connectivity index (χ0n) is 8.38. The van der Waals surface area contributed by atoms with Crippen molar-refractivity contribution in [2.45, 2.75) is 12.5 Å². The Morgan fingerprint density at radius 3 is 2.50 bits per heavy atom. The van der Waals surface area contributed by atoms with Crippen LogP contribution in [0.2, 0.25) is 0 Å². The molecule has 0 bridgehead atoms. The first-order valence-electron chi connectivity index (χ1n) is 4.52. The van der Waals surface area contributed by atoms with Crippen LogP contribution in [0.1, 0.15) is 15.9 Å². The summed E-state index contributed by atoms with van der Waals surface area (Å²) >= 11 is 0. The Hall–Kier alpha value is -2.08. The smallest absolute Gasteiger partial charge is 0.320 e. The highest BCUT2D eigenvalue weighted by atomic mass is 16.4. The van der Waals surface area contributed by atoms with Gasteiger partial charge in [-0.05, 0) is 11.6 Å². The monoisotopic (exact) mass is 224 g/mol. The SMILES string of the molecule is NC(=O)c1cccc(CC(N)C(=O)O)c1O. The maximum absolute atomic E-state index is 10.9. The molecule has 6 nitrogen and oxygen atoms in total. The van der Waals surface area contributed by atoms with Crippen LogP contribution >= 0.6 is 0 Å². The summed E-state index contributed by atoms with van der Waals surface area (Å²) in [6.45, 7) is 0. The fourth-order valence-corrected chi connectivity index (χ4v) is 1.28. The van der Waals surface area contributed by atoms with Crippen molar-refractivity contribution in [3.63, 3.8) is 0 Å². The third kappa shape index (κ3) is 2.48. The number of rotatable bonds is 4. The predicted octanol–water partition coefficient (Wildman–Crippen LogP) is -0.554. The Morgan fingerprint density at radius 1 is 1.38 bits per heavy atom. The van der Waals surface area contributed by atoms with Crippen LogP contribution in [0, 0.1) is 0 Å². The molecule has 0 radical (unpaired) electrons. The number of carboxylic acids is 1. The van der Waals surface area contributed by atoms with Gasteiger partial charge in [-0.15, -0.1) is 0 Å².